The van der Waals surface area contributed by atoms with Crippen LogP contribution in [0.4, 0.5) is 9.18 Å². The highest BCUT2D eigenvalue weighted by atomic mass is 79.9. The van der Waals surface area contributed by atoms with E-state index in [1.165, 1.54) is 13.8 Å². The largest absolute Gasteiger partial charge is 0.444 e. The first-order chi connectivity index (χ1) is 10.9. The minimum atomic E-state index is -1.47. The monoisotopic (exact) mass is 399 g/mol. The molecule has 0 spiro atoms. The third-order valence-corrected chi connectivity index (χ3v) is 3.67. The summed E-state index contributed by atoms with van der Waals surface area (Å²) < 4.78 is 20.4. The molecule has 0 fully saturated rings. The van der Waals surface area contributed by atoms with Crippen molar-refractivity contribution in [2.24, 2.45) is 0 Å². The number of H-pyrrole nitrogens is 1. The molecule has 132 valence electrons. The van der Waals surface area contributed by atoms with Gasteiger partial charge >= 0.3 is 6.09 Å². The molecule has 1 aromatic carbocycles. The highest BCUT2D eigenvalue weighted by molar-refractivity contribution is 9.10. The lowest BCUT2D eigenvalue weighted by Gasteiger charge is -2.25. The molecule has 0 aliphatic carbocycles. The second kappa shape index (κ2) is 6.70. The summed E-state index contributed by atoms with van der Waals surface area (Å²) in [5, 5.41) is 2.72. The Kier molecular flexibility index (Phi) is 5.22. The highest BCUT2D eigenvalue weighted by Gasteiger charge is 2.29. The number of amides is 1. The molecular weight excluding hydrogens is 377 g/mol. The average Bonchev–Trinajstić information content (AvgIpc) is 2.76. The number of halogens is 2. The Morgan fingerprint density at radius 2 is 2.04 bits per heavy atom. The second-order valence-corrected chi connectivity index (χ2v) is 8.32. The van der Waals surface area contributed by atoms with E-state index in [0.29, 0.717) is 5.82 Å². The molecule has 0 aliphatic rings. The maximum absolute atomic E-state index is 14.2. The number of ether oxygens (including phenoxy) is 1. The van der Waals surface area contributed by atoms with E-state index < -0.39 is 23.4 Å². The van der Waals surface area contributed by atoms with Crippen LogP contribution in [0, 0.1) is 0 Å². The molecule has 24 heavy (non-hydrogen) atoms. The van der Waals surface area contributed by atoms with Gasteiger partial charge < -0.3 is 15.0 Å². The van der Waals surface area contributed by atoms with E-state index >= 15 is 0 Å². The van der Waals surface area contributed by atoms with Crippen molar-refractivity contribution in [1.29, 1.82) is 0 Å². The van der Waals surface area contributed by atoms with E-state index in [9.17, 15) is 9.18 Å². The van der Waals surface area contributed by atoms with Gasteiger partial charge in [0.2, 0.25) is 0 Å². The predicted octanol–water partition coefficient (Wildman–Crippen LogP) is 5.03. The number of rotatable bonds is 4. The third-order valence-electron chi connectivity index (χ3n) is 3.17. The van der Waals surface area contributed by atoms with Crippen LogP contribution in [0.5, 0.6) is 0 Å². The zero-order valence-electron chi connectivity index (χ0n) is 14.5. The van der Waals surface area contributed by atoms with Crippen LogP contribution in [0.1, 0.15) is 52.9 Å². The van der Waals surface area contributed by atoms with Gasteiger partial charge in [0.25, 0.3) is 0 Å². The van der Waals surface area contributed by atoms with Gasteiger partial charge in [0.15, 0.2) is 0 Å². The number of aromatic amines is 1. The lowest BCUT2D eigenvalue weighted by molar-refractivity contribution is 0.0480. The summed E-state index contributed by atoms with van der Waals surface area (Å²) in [5.41, 5.74) is -0.537. The zero-order valence-corrected chi connectivity index (χ0v) is 16.1. The molecule has 0 saturated heterocycles. The smallest absolute Gasteiger partial charge is 0.408 e. The number of nitrogens with one attached hydrogen (secondary N) is 2. The van der Waals surface area contributed by atoms with Crippen molar-refractivity contribution < 1.29 is 13.9 Å². The molecule has 5 nitrogen and oxygen atoms in total. The number of hydrogen-bond acceptors (Lipinski definition) is 3. The Balaban J connectivity index is 2.28. The number of imidazole rings is 1. The molecule has 0 aliphatic heterocycles. The van der Waals surface area contributed by atoms with Crippen LogP contribution in [-0.2, 0) is 4.74 Å². The third kappa shape index (κ3) is 5.47. The fraction of sp³-hybridized carbons (Fsp3) is 0.529. The molecule has 1 heterocycles. The molecule has 7 heteroatoms. The Morgan fingerprint density at radius 1 is 1.38 bits per heavy atom. The van der Waals surface area contributed by atoms with Gasteiger partial charge in [-0.1, -0.05) is 15.9 Å². The zero-order chi connectivity index (χ0) is 18.1. The Labute approximate surface area is 149 Å². The number of alkyl carbamates (subject to hydrolysis) is 1. The van der Waals surface area contributed by atoms with Crippen LogP contribution in [0.15, 0.2) is 22.7 Å². The lowest BCUT2D eigenvalue weighted by atomic mass is 10.0. The Bertz CT molecular complexity index is 731. The molecule has 2 rings (SSSR count). The predicted molar refractivity (Wildman–Crippen MR) is 95.7 cm³/mol. The molecule has 1 atom stereocenters. The van der Waals surface area contributed by atoms with Crippen molar-refractivity contribution in [3.63, 3.8) is 0 Å². The van der Waals surface area contributed by atoms with Gasteiger partial charge in [0.1, 0.15) is 17.1 Å². The molecule has 1 amide bonds. The van der Waals surface area contributed by atoms with Gasteiger partial charge in [-0.15, -0.1) is 0 Å². The van der Waals surface area contributed by atoms with Gasteiger partial charge in [-0.05, 0) is 52.8 Å². The van der Waals surface area contributed by atoms with Crippen LogP contribution in [0.25, 0.3) is 11.0 Å². The quantitative estimate of drug-likeness (QED) is 0.757. The fourth-order valence-electron chi connectivity index (χ4n) is 2.32. The topological polar surface area (TPSA) is 67.0 Å². The van der Waals surface area contributed by atoms with Gasteiger partial charge in [0, 0.05) is 10.9 Å². The van der Waals surface area contributed by atoms with Crippen molar-refractivity contribution >= 4 is 33.1 Å². The minimum Gasteiger partial charge on any atom is -0.444 e. The molecule has 2 N–H and O–H groups in total. The van der Waals surface area contributed by atoms with Crippen molar-refractivity contribution in [2.45, 2.75) is 58.4 Å². The number of hydrogen-bond donors (Lipinski definition) is 2. The van der Waals surface area contributed by atoms with Crippen LogP contribution < -0.4 is 5.32 Å². The van der Waals surface area contributed by atoms with Crippen molar-refractivity contribution in [3.8, 4) is 0 Å². The number of alkyl halides is 1. The van der Waals surface area contributed by atoms with Crippen LogP contribution in [0.3, 0.4) is 0 Å². The Morgan fingerprint density at radius 3 is 2.62 bits per heavy atom. The average molecular weight is 400 g/mol. The van der Waals surface area contributed by atoms with Crippen LogP contribution >= 0.6 is 15.9 Å². The van der Waals surface area contributed by atoms with Gasteiger partial charge in [-0.25, -0.2) is 14.2 Å². The molecular formula is C17H23BrFN3O2. The summed E-state index contributed by atoms with van der Waals surface area (Å²) in [5.74, 6) is 0.500. The minimum absolute atomic E-state index is 0.0766. The summed E-state index contributed by atoms with van der Waals surface area (Å²) in [7, 11) is 0. The van der Waals surface area contributed by atoms with E-state index in [2.05, 4.69) is 31.2 Å². The van der Waals surface area contributed by atoms with Crippen molar-refractivity contribution in [3.05, 3.63) is 28.5 Å². The summed E-state index contributed by atoms with van der Waals surface area (Å²) in [4.78, 5) is 19.7. The number of nitrogens with zero attached hydrogens (tertiary/aromatic N) is 1. The number of carbonyl (C=O) groups is 1. The summed E-state index contributed by atoms with van der Waals surface area (Å²) in [6.07, 6.45) is -0.522. The van der Waals surface area contributed by atoms with E-state index in [-0.39, 0.29) is 6.42 Å². The van der Waals surface area contributed by atoms with Gasteiger partial charge in [-0.2, -0.15) is 0 Å². The number of fused-ring (bicyclic) bond motifs is 1. The first-order valence-corrected chi connectivity index (χ1v) is 8.56. The highest BCUT2D eigenvalue weighted by Crippen LogP contribution is 2.27. The fourth-order valence-corrected chi connectivity index (χ4v) is 2.68. The number of aromatic nitrogens is 2. The summed E-state index contributed by atoms with van der Waals surface area (Å²) in [6.45, 7) is 8.27. The SMILES string of the molecule is CC(C)(F)CC(NC(=O)OC(C)(C)C)c1nc2ccc(Br)cc2[nH]1. The summed E-state index contributed by atoms with van der Waals surface area (Å²) in [6, 6.07) is 5.00. The molecule has 0 bridgehead atoms. The van der Waals surface area contributed by atoms with Gasteiger partial charge in [0.05, 0.1) is 17.1 Å². The van der Waals surface area contributed by atoms with Crippen molar-refractivity contribution in [2.75, 3.05) is 0 Å². The van der Waals surface area contributed by atoms with E-state index in [1.54, 1.807) is 20.8 Å². The normalized spacial score (nSPS) is 13.8. The maximum Gasteiger partial charge on any atom is 0.408 e. The molecule has 1 aromatic heterocycles. The summed E-state index contributed by atoms with van der Waals surface area (Å²) >= 11 is 3.40. The molecule has 1 unspecified atom stereocenters. The first-order valence-electron chi connectivity index (χ1n) is 7.76. The first kappa shape index (κ1) is 18.7. The van der Waals surface area contributed by atoms with Gasteiger partial charge in [-0.3, -0.25) is 0 Å². The molecule has 2 aromatic rings. The Hall–Kier alpha value is -1.63. The van der Waals surface area contributed by atoms with E-state index in [0.717, 1.165) is 15.5 Å². The second-order valence-electron chi connectivity index (χ2n) is 7.41. The van der Waals surface area contributed by atoms with Crippen LogP contribution in [-0.4, -0.2) is 27.3 Å². The lowest BCUT2D eigenvalue weighted by Crippen LogP contribution is -2.37. The number of benzene rings is 1. The number of carbonyl (C=O) groups excluding carboxylic acids is 1. The van der Waals surface area contributed by atoms with Crippen molar-refractivity contribution in [1.82, 2.24) is 15.3 Å². The standard InChI is InChI=1S/C17H23BrFN3O2/c1-16(2,3)24-15(23)22-13(9-17(4,5)19)14-20-11-7-6-10(18)8-12(11)21-14/h6-8,13H,9H2,1-5H3,(H,20,21)(H,22,23). The maximum atomic E-state index is 14.2. The van der Waals surface area contributed by atoms with E-state index in [4.69, 9.17) is 4.74 Å². The van der Waals surface area contributed by atoms with Crippen LogP contribution in [0.2, 0.25) is 0 Å². The van der Waals surface area contributed by atoms with E-state index in [1.807, 2.05) is 18.2 Å². The molecule has 0 radical (unpaired) electrons. The molecule has 0 saturated carbocycles.